The highest BCUT2D eigenvalue weighted by Gasteiger charge is 2.30. The molecule has 85 heavy (non-hydrogen) atoms. The number of phosphoric ester groups is 2. The van der Waals surface area contributed by atoms with Gasteiger partial charge in [-0.1, -0.05) is 267 Å². The van der Waals surface area contributed by atoms with E-state index in [0.29, 0.717) is 43.4 Å². The number of carbonyl (C=O) groups is 4. The van der Waals surface area contributed by atoms with Crippen LogP contribution in [0.25, 0.3) is 0 Å². The van der Waals surface area contributed by atoms with E-state index in [4.69, 9.17) is 37.0 Å². The molecule has 3 N–H and O–H groups in total. The molecule has 0 aromatic heterocycles. The number of esters is 4. The van der Waals surface area contributed by atoms with Crippen LogP contribution in [-0.4, -0.2) is 96.7 Å². The van der Waals surface area contributed by atoms with Gasteiger partial charge in [-0.2, -0.15) is 0 Å². The predicted octanol–water partition coefficient (Wildman–Crippen LogP) is 18.1. The molecule has 0 aromatic rings. The summed E-state index contributed by atoms with van der Waals surface area (Å²) < 4.78 is 68.0. The van der Waals surface area contributed by atoms with E-state index in [0.717, 1.165) is 109 Å². The summed E-state index contributed by atoms with van der Waals surface area (Å²) in [7, 11) is -9.89. The molecule has 0 saturated heterocycles. The van der Waals surface area contributed by atoms with Crippen LogP contribution in [-0.2, 0) is 65.4 Å². The molecule has 17 nitrogen and oxygen atoms in total. The van der Waals surface area contributed by atoms with Crippen LogP contribution < -0.4 is 0 Å². The Labute approximate surface area is 517 Å². The Bertz CT molecular complexity index is 1700. The summed E-state index contributed by atoms with van der Waals surface area (Å²) in [6.45, 7) is 13.9. The Kier molecular flexibility index (Phi) is 54.8. The topological polar surface area (TPSA) is 237 Å². The molecular formula is C66H128O17P2. The van der Waals surface area contributed by atoms with Crippen molar-refractivity contribution in [2.75, 3.05) is 39.6 Å². The molecule has 0 amide bonds. The van der Waals surface area contributed by atoms with Crippen molar-refractivity contribution in [1.29, 1.82) is 0 Å². The average molecular weight is 1260 g/mol. The molecule has 19 heteroatoms. The zero-order chi connectivity index (χ0) is 63.2. The van der Waals surface area contributed by atoms with Crippen molar-refractivity contribution in [3.63, 3.8) is 0 Å². The lowest BCUT2D eigenvalue weighted by molar-refractivity contribution is -0.161. The van der Waals surface area contributed by atoms with Crippen LogP contribution in [0.1, 0.15) is 319 Å². The third-order valence-electron chi connectivity index (χ3n) is 15.4. The second-order valence-electron chi connectivity index (χ2n) is 25.5. The van der Waals surface area contributed by atoms with Gasteiger partial charge in [0.15, 0.2) is 12.2 Å². The Balaban J connectivity index is 5.18. The fourth-order valence-corrected chi connectivity index (χ4v) is 11.3. The maximum atomic E-state index is 13.0. The summed E-state index contributed by atoms with van der Waals surface area (Å²) in [6, 6.07) is 0. The van der Waals surface area contributed by atoms with Crippen molar-refractivity contribution in [3.8, 4) is 0 Å². The van der Waals surface area contributed by atoms with Gasteiger partial charge >= 0.3 is 39.5 Å². The first-order valence-electron chi connectivity index (χ1n) is 34.2. The molecule has 3 unspecified atom stereocenters. The number of aliphatic hydroxyl groups excluding tert-OH is 1. The van der Waals surface area contributed by atoms with Crippen LogP contribution >= 0.6 is 15.6 Å². The van der Waals surface area contributed by atoms with Gasteiger partial charge in [0, 0.05) is 25.7 Å². The van der Waals surface area contributed by atoms with Gasteiger partial charge in [-0.05, 0) is 49.4 Å². The molecular weight excluding hydrogens is 1130 g/mol. The summed E-state index contributed by atoms with van der Waals surface area (Å²) in [5, 5.41) is 10.5. The molecule has 0 aliphatic carbocycles. The molecule has 0 bridgehead atoms. The van der Waals surface area contributed by atoms with E-state index in [1.807, 2.05) is 0 Å². The van der Waals surface area contributed by atoms with Gasteiger partial charge in [-0.25, -0.2) is 9.13 Å². The maximum absolute atomic E-state index is 13.0. The first kappa shape index (κ1) is 83.1. The van der Waals surface area contributed by atoms with E-state index in [-0.39, 0.29) is 25.7 Å². The Hall–Kier alpha value is -1.94. The number of ether oxygens (including phenoxy) is 4. The van der Waals surface area contributed by atoms with Crippen LogP contribution in [0.4, 0.5) is 0 Å². The molecule has 0 aromatic carbocycles. The van der Waals surface area contributed by atoms with Crippen LogP contribution in [0.5, 0.6) is 0 Å². The molecule has 0 rings (SSSR count). The summed E-state index contributed by atoms with van der Waals surface area (Å²) in [6.07, 6.45) is 36.7. The SMILES string of the molecule is CCC(C)CCCCCCCCCCCCCCCCC(=O)O[C@H](COC(=O)CCCCCCCCC(C)C)COP(=O)(O)OC[C@@H](O)COP(=O)(O)OC[C@@H](COC(=O)CCCCCCCCC(C)C)OC(=O)CCCCCCCCC(C)C. The molecule has 0 heterocycles. The van der Waals surface area contributed by atoms with Crippen molar-refractivity contribution in [2.24, 2.45) is 23.7 Å². The molecule has 6 atom stereocenters. The summed E-state index contributed by atoms with van der Waals surface area (Å²) >= 11 is 0. The molecule has 0 spiro atoms. The molecule has 0 radical (unpaired) electrons. The standard InChI is InChI=1S/C66H128O17P2/c1-9-59(8)45-37-29-18-16-14-12-10-11-13-15-17-19-32-40-48-65(70)82-61(52-76-63(68)46-38-30-23-20-26-34-42-56(2)3)54-80-84(72,73)78-50-60(67)51-79-85(74,75)81-55-62(83-66(71)49-41-33-25-22-28-36-44-58(6)7)53-77-64(69)47-39-31-24-21-27-35-43-57(4)5/h56-62,67H,9-55H2,1-8H3,(H,72,73)(H,74,75)/t59?,60-,61-,62-/m1/s1. The largest absolute Gasteiger partial charge is 0.472 e. The van der Waals surface area contributed by atoms with Crippen LogP contribution in [0.3, 0.4) is 0 Å². The van der Waals surface area contributed by atoms with E-state index in [1.54, 1.807) is 0 Å². The Morgan fingerprint density at radius 1 is 0.329 bits per heavy atom. The lowest BCUT2D eigenvalue weighted by Gasteiger charge is -2.21. The summed E-state index contributed by atoms with van der Waals surface area (Å²) in [4.78, 5) is 72.2. The predicted molar refractivity (Wildman–Crippen MR) is 340 cm³/mol. The van der Waals surface area contributed by atoms with E-state index in [1.165, 1.54) is 109 Å². The maximum Gasteiger partial charge on any atom is 0.472 e. The monoisotopic (exact) mass is 1250 g/mol. The number of unbranched alkanes of at least 4 members (excludes halogenated alkanes) is 28. The number of rotatable bonds is 63. The third kappa shape index (κ3) is 59.5. The smallest absolute Gasteiger partial charge is 0.462 e. The van der Waals surface area contributed by atoms with E-state index in [9.17, 15) is 43.2 Å². The zero-order valence-corrected chi connectivity index (χ0v) is 57.0. The van der Waals surface area contributed by atoms with Crippen molar-refractivity contribution < 1.29 is 80.2 Å². The van der Waals surface area contributed by atoms with Gasteiger partial charge in [0.2, 0.25) is 0 Å². The molecule has 0 aliphatic heterocycles. The number of carbonyl (C=O) groups excluding carboxylic acids is 4. The Morgan fingerprint density at radius 3 is 0.835 bits per heavy atom. The minimum atomic E-state index is -4.95. The summed E-state index contributed by atoms with van der Waals surface area (Å²) in [5.41, 5.74) is 0. The van der Waals surface area contributed by atoms with Crippen molar-refractivity contribution in [1.82, 2.24) is 0 Å². The normalized spacial score (nSPS) is 14.7. The van der Waals surface area contributed by atoms with E-state index in [2.05, 4.69) is 55.4 Å². The average Bonchev–Trinajstić information content (AvgIpc) is 3.51. The molecule has 0 saturated carbocycles. The van der Waals surface area contributed by atoms with E-state index >= 15 is 0 Å². The fourth-order valence-electron chi connectivity index (χ4n) is 9.75. The second-order valence-corrected chi connectivity index (χ2v) is 28.4. The lowest BCUT2D eigenvalue weighted by atomic mass is 9.99. The van der Waals surface area contributed by atoms with Gasteiger partial charge in [0.05, 0.1) is 26.4 Å². The lowest BCUT2D eigenvalue weighted by Crippen LogP contribution is -2.30. The van der Waals surface area contributed by atoms with Crippen molar-refractivity contribution in [2.45, 2.75) is 337 Å². The molecule has 0 aliphatic rings. The number of hydrogen-bond donors (Lipinski definition) is 3. The molecule has 0 fully saturated rings. The first-order chi connectivity index (χ1) is 40.6. The van der Waals surface area contributed by atoms with Gasteiger partial charge in [-0.3, -0.25) is 37.3 Å². The molecule has 504 valence electrons. The highest BCUT2D eigenvalue weighted by atomic mass is 31.2. The van der Waals surface area contributed by atoms with Gasteiger partial charge < -0.3 is 33.8 Å². The highest BCUT2D eigenvalue weighted by molar-refractivity contribution is 7.47. The van der Waals surface area contributed by atoms with Crippen LogP contribution in [0.15, 0.2) is 0 Å². The van der Waals surface area contributed by atoms with Gasteiger partial charge in [-0.15, -0.1) is 0 Å². The Morgan fingerprint density at radius 2 is 0.565 bits per heavy atom. The first-order valence-corrected chi connectivity index (χ1v) is 37.2. The number of aliphatic hydroxyl groups is 1. The fraction of sp³-hybridized carbons (Fsp3) is 0.939. The van der Waals surface area contributed by atoms with Crippen molar-refractivity contribution in [3.05, 3.63) is 0 Å². The summed E-state index contributed by atoms with van der Waals surface area (Å²) in [5.74, 6) is 0.731. The van der Waals surface area contributed by atoms with E-state index < -0.39 is 97.5 Å². The van der Waals surface area contributed by atoms with Crippen LogP contribution in [0, 0.1) is 23.7 Å². The van der Waals surface area contributed by atoms with Gasteiger partial charge in [0.25, 0.3) is 0 Å². The quantitative estimate of drug-likeness (QED) is 0.0222. The zero-order valence-electron chi connectivity index (χ0n) is 55.2. The van der Waals surface area contributed by atoms with Crippen LogP contribution in [0.2, 0.25) is 0 Å². The minimum absolute atomic E-state index is 0.100. The van der Waals surface area contributed by atoms with Crippen molar-refractivity contribution >= 4 is 39.5 Å². The third-order valence-corrected chi connectivity index (χ3v) is 17.3. The number of phosphoric acid groups is 2. The van der Waals surface area contributed by atoms with Gasteiger partial charge in [0.1, 0.15) is 19.3 Å². The second kappa shape index (κ2) is 56.1. The minimum Gasteiger partial charge on any atom is -0.462 e. The number of hydrogen-bond acceptors (Lipinski definition) is 15. The highest BCUT2D eigenvalue weighted by Crippen LogP contribution is 2.45.